The molecule has 0 unspecified atom stereocenters. The third-order valence-corrected chi connectivity index (χ3v) is 10.7. The number of carbonyl (C=O) groups is 1. The summed E-state index contributed by atoms with van der Waals surface area (Å²) in [5.74, 6) is -0.989. The number of hydrogen-bond acceptors (Lipinski definition) is 5. The van der Waals surface area contributed by atoms with Crippen molar-refractivity contribution in [1.29, 1.82) is 0 Å². The van der Waals surface area contributed by atoms with Crippen molar-refractivity contribution in [1.82, 2.24) is 0 Å². The van der Waals surface area contributed by atoms with Gasteiger partial charge in [-0.3, -0.25) is 0 Å². The van der Waals surface area contributed by atoms with E-state index in [1.165, 1.54) is 0 Å². The Morgan fingerprint density at radius 3 is 1.68 bits per heavy atom. The number of hydrogen-bond donors (Lipinski definition) is 0. The van der Waals surface area contributed by atoms with E-state index in [-0.39, 0.29) is 90.9 Å². The Labute approximate surface area is 289 Å². The maximum Gasteiger partial charge on any atom is 1.00 e. The zero-order valence-corrected chi connectivity index (χ0v) is 29.9. The van der Waals surface area contributed by atoms with Crippen LogP contribution in [0.5, 0.6) is 23.0 Å². The number of fused-ring (bicyclic) bond motifs is 6. The van der Waals surface area contributed by atoms with E-state index >= 15 is 0 Å². The first-order valence-corrected chi connectivity index (χ1v) is 14.4. The summed E-state index contributed by atoms with van der Waals surface area (Å²) >= 11 is 33.3. The van der Waals surface area contributed by atoms with Crippen molar-refractivity contribution in [2.45, 2.75) is 5.60 Å². The van der Waals surface area contributed by atoms with Crippen molar-refractivity contribution >= 4 is 143 Å². The van der Waals surface area contributed by atoms with E-state index < -0.39 is 11.6 Å². The van der Waals surface area contributed by atoms with Gasteiger partial charge in [0.2, 0.25) is 0 Å². The van der Waals surface area contributed by atoms with Gasteiger partial charge in [0, 0.05) is 31.0 Å². The molecule has 0 aromatic heterocycles. The summed E-state index contributed by atoms with van der Waals surface area (Å²) in [6.45, 7) is 0. The minimum Gasteiger partial charge on any atom is -0.871 e. The van der Waals surface area contributed by atoms with Crippen molar-refractivity contribution in [2.24, 2.45) is 0 Å². The van der Waals surface area contributed by atoms with Crippen LogP contribution >= 0.6 is 137 Å². The van der Waals surface area contributed by atoms with Gasteiger partial charge in [-0.1, -0.05) is 57.9 Å². The van der Waals surface area contributed by atoms with E-state index in [0.717, 1.165) is 0 Å². The van der Waals surface area contributed by atoms with Crippen LogP contribution in [0, 0.1) is 14.3 Å². The zero-order chi connectivity index (χ0) is 24.1. The molecule has 0 bridgehead atoms. The molecule has 2 aliphatic rings. The monoisotopic (exact) mass is 992 g/mol. The average Bonchev–Trinajstić information content (AvgIpc) is 3.08. The Morgan fingerprint density at radius 1 is 0.765 bits per heavy atom. The molecule has 0 saturated carbocycles. The van der Waals surface area contributed by atoms with E-state index in [1.807, 2.05) is 90.4 Å². The average molecular weight is 995 g/mol. The summed E-state index contributed by atoms with van der Waals surface area (Å²) in [5.41, 5.74) is -0.822. The van der Waals surface area contributed by atoms with Crippen LogP contribution in [-0.4, -0.2) is 5.97 Å². The summed E-state index contributed by atoms with van der Waals surface area (Å²) in [4.78, 5) is 13.2. The number of esters is 1. The zero-order valence-electron chi connectivity index (χ0n) is 16.2. The molecule has 2 aliphatic heterocycles. The predicted octanol–water partition coefficient (Wildman–Crippen LogP) is 4.44. The van der Waals surface area contributed by atoms with Gasteiger partial charge in [0.15, 0.2) is 5.60 Å². The van der Waals surface area contributed by atoms with Gasteiger partial charge in [0.1, 0.15) is 11.5 Å². The van der Waals surface area contributed by atoms with Crippen molar-refractivity contribution in [2.75, 3.05) is 0 Å². The van der Waals surface area contributed by atoms with Gasteiger partial charge in [-0.2, -0.15) is 0 Å². The van der Waals surface area contributed by atoms with Crippen LogP contribution in [0.1, 0.15) is 27.0 Å². The number of carbonyl (C=O) groups excluding carboxylic acids is 1. The number of rotatable bonds is 0. The van der Waals surface area contributed by atoms with E-state index in [9.17, 15) is 15.0 Å². The van der Waals surface area contributed by atoms with Crippen LogP contribution in [0.15, 0.2) is 12.1 Å². The molecule has 1 spiro atoms. The molecule has 0 saturated heterocycles. The van der Waals surface area contributed by atoms with Crippen molar-refractivity contribution in [3.8, 4) is 23.0 Å². The first-order chi connectivity index (χ1) is 15.4. The fourth-order valence-electron chi connectivity index (χ4n) is 3.91. The summed E-state index contributed by atoms with van der Waals surface area (Å²) in [6, 6.07) is 3.15. The Hall–Kier alpha value is 1.61. The van der Waals surface area contributed by atoms with Crippen LogP contribution < -0.4 is 44.5 Å². The molecule has 5 nitrogen and oxygen atoms in total. The molecule has 3 aromatic carbocycles. The Bertz CT molecular complexity index is 1400. The molecule has 0 amide bonds. The largest absolute Gasteiger partial charge is 1.00 e. The molecule has 34 heavy (non-hydrogen) atoms. The van der Waals surface area contributed by atoms with Crippen LogP contribution in [-0.2, 0) is 10.3 Å². The second kappa shape index (κ2) is 9.97. The molecule has 0 aliphatic carbocycles. The molecule has 0 radical (unpaired) electrons. The van der Waals surface area contributed by atoms with Crippen molar-refractivity contribution in [3.05, 3.63) is 68.8 Å². The first-order valence-electron chi connectivity index (χ1n) is 8.60. The smallest absolute Gasteiger partial charge is 0.871 e. The molecule has 2 heterocycles. The summed E-state index contributed by atoms with van der Waals surface area (Å²) in [6.07, 6.45) is 0. The van der Waals surface area contributed by atoms with Gasteiger partial charge in [-0.15, -0.1) is 0 Å². The van der Waals surface area contributed by atoms with Crippen LogP contribution in [0.25, 0.3) is 0 Å². The molecule has 170 valence electrons. The summed E-state index contributed by atoms with van der Waals surface area (Å²) in [5, 5.41) is 25.2. The number of ether oxygens (including phenoxy) is 2. The fourth-order valence-corrected chi connectivity index (χ4v) is 8.55. The third-order valence-electron chi connectivity index (χ3n) is 5.29. The summed E-state index contributed by atoms with van der Waals surface area (Å²) < 4.78 is 13.4. The molecule has 0 fully saturated rings. The molecule has 3 aromatic rings. The third kappa shape index (κ3) is 3.83. The summed E-state index contributed by atoms with van der Waals surface area (Å²) in [7, 11) is 0. The van der Waals surface area contributed by atoms with E-state index in [1.54, 1.807) is 12.1 Å². The van der Waals surface area contributed by atoms with E-state index in [2.05, 4.69) is 0 Å². The Morgan fingerprint density at radius 2 is 1.21 bits per heavy atom. The molecule has 0 N–H and O–H groups in total. The van der Waals surface area contributed by atoms with Crippen molar-refractivity contribution < 1.29 is 54.0 Å². The molecule has 5 rings (SSSR count). The minimum absolute atomic E-state index is 0. The van der Waals surface area contributed by atoms with Crippen LogP contribution in [0.4, 0.5) is 0 Å². The molecular weight excluding hydrogens is 993 g/mol. The minimum atomic E-state index is -1.68. The van der Waals surface area contributed by atoms with E-state index in [0.29, 0.717) is 18.3 Å². The van der Waals surface area contributed by atoms with Gasteiger partial charge in [-0.05, 0) is 102 Å². The second-order valence-corrected chi connectivity index (χ2v) is 12.9. The van der Waals surface area contributed by atoms with Crippen molar-refractivity contribution in [3.63, 3.8) is 0 Å². The second-order valence-electron chi connectivity index (χ2n) is 6.94. The normalized spacial score (nSPS) is 14.6. The first kappa shape index (κ1) is 28.6. The predicted molar refractivity (Wildman–Crippen MR) is 154 cm³/mol. The quantitative estimate of drug-likeness (QED) is 0.110. The topological polar surface area (TPSA) is 81.7 Å². The van der Waals surface area contributed by atoms with Gasteiger partial charge >= 0.3 is 35.5 Å². The van der Waals surface area contributed by atoms with E-state index in [4.69, 9.17) is 55.9 Å². The standard InChI is InChI=1S/C20H4Cl4I4O5.Na/c21-9-7-8(10(22)12(24)11(9)23)20(33-19(7)31)3-1-5(25)15(29)13(27)17(3)32-18-4(20)2-6(26)16(30)14(18)28;/h1-2,29-30H;/q;+1/p-2. The maximum absolute atomic E-state index is 13.2. The number of halogens is 8. The van der Waals surface area contributed by atoms with Gasteiger partial charge in [0.25, 0.3) is 0 Å². The van der Waals surface area contributed by atoms with Gasteiger partial charge < -0.3 is 19.7 Å². The fraction of sp³-hybridized carbons (Fsp3) is 0.0500. The number of benzene rings is 3. The Kier molecular flexibility index (Phi) is 8.39. The molecule has 14 heteroatoms. The Balaban J connectivity index is 0.00000274. The van der Waals surface area contributed by atoms with Crippen LogP contribution in [0.2, 0.25) is 20.1 Å². The SMILES string of the molecule is O=C1OC2(c3cc(I)c([O-])c(I)c3Oc3c2cc(I)c([O-])c3I)c2c(Cl)c(Cl)c(Cl)c(Cl)c21.[Na+]. The molecule has 0 atom stereocenters. The maximum atomic E-state index is 13.2. The van der Waals surface area contributed by atoms with Gasteiger partial charge in [0.05, 0.1) is 25.7 Å². The molecular formula is C20H2Cl4I4NaO5-. The van der Waals surface area contributed by atoms with Crippen LogP contribution in [0.3, 0.4) is 0 Å². The van der Waals surface area contributed by atoms with Gasteiger partial charge in [-0.25, -0.2) is 4.79 Å².